The molecular weight excluding hydrogens is 506 g/mol. The van der Waals surface area contributed by atoms with E-state index in [4.69, 9.17) is 19.9 Å². The van der Waals surface area contributed by atoms with Crippen molar-refractivity contribution in [2.24, 2.45) is 0 Å². The van der Waals surface area contributed by atoms with E-state index < -0.39 is 6.09 Å². The molecule has 4 N–H and O–H groups in total. The van der Waals surface area contributed by atoms with Crippen LogP contribution in [0, 0.1) is 6.92 Å². The van der Waals surface area contributed by atoms with Gasteiger partial charge >= 0.3 is 6.09 Å². The number of carbonyl (C=O) groups is 1. The molecule has 1 aliphatic rings. The van der Waals surface area contributed by atoms with Crippen molar-refractivity contribution < 1.29 is 19.0 Å². The summed E-state index contributed by atoms with van der Waals surface area (Å²) in [4.78, 5) is 12.5. The Morgan fingerprint density at radius 1 is 1.12 bits per heavy atom. The summed E-state index contributed by atoms with van der Waals surface area (Å²) >= 11 is 0. The number of allylic oxidation sites excluding steroid dienone is 2. The molecule has 5 rings (SSSR count). The fraction of sp³-hybridized carbons (Fsp3) is 0.226. The molecule has 0 bridgehead atoms. The molecule has 0 radical (unpaired) electrons. The van der Waals surface area contributed by atoms with Gasteiger partial charge in [0, 0.05) is 18.4 Å². The van der Waals surface area contributed by atoms with Gasteiger partial charge in [0.25, 0.3) is 0 Å². The third-order valence-corrected chi connectivity index (χ3v) is 6.71. The SMILES string of the molecule is COC1C=CC(CCCOC(=O)Nc2cn3ncc(N)c(Nc4ccc(Oc5ccccc5)cc4)c3c2C)=CC1. The number of nitrogens with zero attached hydrogens (tertiary/aromatic N) is 2. The van der Waals surface area contributed by atoms with E-state index in [1.54, 1.807) is 24.0 Å². The van der Waals surface area contributed by atoms with E-state index in [-0.39, 0.29) is 6.10 Å². The molecule has 9 nitrogen and oxygen atoms in total. The number of aryl methyl sites for hydroxylation is 1. The van der Waals surface area contributed by atoms with Gasteiger partial charge in [0.05, 0.1) is 47.7 Å². The van der Waals surface area contributed by atoms with Gasteiger partial charge < -0.3 is 25.3 Å². The zero-order valence-corrected chi connectivity index (χ0v) is 22.6. The molecule has 0 spiro atoms. The molecule has 206 valence electrons. The molecule has 2 aromatic carbocycles. The second kappa shape index (κ2) is 12.4. The maximum atomic E-state index is 12.5. The average Bonchev–Trinajstić information content (AvgIpc) is 3.29. The fourth-order valence-electron chi connectivity index (χ4n) is 4.53. The van der Waals surface area contributed by atoms with E-state index in [1.165, 1.54) is 5.57 Å². The zero-order valence-electron chi connectivity index (χ0n) is 22.6. The van der Waals surface area contributed by atoms with Gasteiger partial charge in [-0.25, -0.2) is 9.31 Å². The molecule has 2 aromatic heterocycles. The van der Waals surface area contributed by atoms with Crippen LogP contribution in [-0.4, -0.2) is 35.5 Å². The monoisotopic (exact) mass is 539 g/mol. The van der Waals surface area contributed by atoms with E-state index >= 15 is 0 Å². The number of anilines is 4. The van der Waals surface area contributed by atoms with E-state index in [0.29, 0.717) is 23.7 Å². The summed E-state index contributed by atoms with van der Waals surface area (Å²) in [7, 11) is 1.71. The van der Waals surface area contributed by atoms with Gasteiger partial charge in [-0.1, -0.05) is 42.0 Å². The Hall–Kier alpha value is -4.76. The van der Waals surface area contributed by atoms with Crippen LogP contribution in [-0.2, 0) is 9.47 Å². The number of para-hydroxylation sites is 1. The number of rotatable bonds is 10. The Labute approximate surface area is 233 Å². The first-order valence-electron chi connectivity index (χ1n) is 13.2. The number of fused-ring (bicyclic) bond motifs is 1. The molecule has 1 amide bonds. The highest BCUT2D eigenvalue weighted by atomic mass is 16.5. The minimum absolute atomic E-state index is 0.146. The van der Waals surface area contributed by atoms with Crippen molar-refractivity contribution in [3.63, 3.8) is 0 Å². The number of nitrogens with two attached hydrogens (primary N) is 1. The van der Waals surface area contributed by atoms with Crippen LogP contribution in [0.3, 0.4) is 0 Å². The van der Waals surface area contributed by atoms with Crippen LogP contribution in [0.25, 0.3) is 5.52 Å². The Bertz CT molecular complexity index is 1530. The third kappa shape index (κ3) is 6.44. The second-order valence-electron chi connectivity index (χ2n) is 9.51. The Kier molecular flexibility index (Phi) is 8.32. The number of carbonyl (C=O) groups excluding carboxylic acids is 1. The minimum atomic E-state index is -0.511. The van der Waals surface area contributed by atoms with Crippen molar-refractivity contribution in [3.8, 4) is 11.5 Å². The molecule has 9 heteroatoms. The smallest absolute Gasteiger partial charge is 0.411 e. The summed E-state index contributed by atoms with van der Waals surface area (Å²) in [5.74, 6) is 1.49. The van der Waals surface area contributed by atoms with Crippen molar-refractivity contribution in [2.45, 2.75) is 32.3 Å². The summed E-state index contributed by atoms with van der Waals surface area (Å²) in [6.07, 6.45) is 11.7. The number of benzene rings is 2. The quantitative estimate of drug-likeness (QED) is 0.186. The minimum Gasteiger partial charge on any atom is -0.457 e. The molecule has 4 aromatic rings. The van der Waals surface area contributed by atoms with E-state index in [2.05, 4.69) is 34.0 Å². The molecule has 0 saturated carbocycles. The Morgan fingerprint density at radius 2 is 1.90 bits per heavy atom. The lowest BCUT2D eigenvalue weighted by Gasteiger charge is -2.14. The first kappa shape index (κ1) is 26.8. The second-order valence-corrected chi connectivity index (χ2v) is 9.51. The van der Waals surface area contributed by atoms with Crippen molar-refractivity contribution in [1.82, 2.24) is 9.61 Å². The summed E-state index contributed by atoms with van der Waals surface area (Å²) in [6, 6.07) is 17.2. The highest BCUT2D eigenvalue weighted by molar-refractivity contribution is 5.94. The highest BCUT2D eigenvalue weighted by Crippen LogP contribution is 2.34. The maximum Gasteiger partial charge on any atom is 0.411 e. The van der Waals surface area contributed by atoms with Crippen molar-refractivity contribution in [2.75, 3.05) is 30.1 Å². The van der Waals surface area contributed by atoms with Crippen molar-refractivity contribution in [3.05, 3.63) is 96.4 Å². The Morgan fingerprint density at radius 3 is 2.62 bits per heavy atom. The number of methoxy groups -OCH3 is 1. The molecule has 0 aliphatic heterocycles. The number of ether oxygens (including phenoxy) is 3. The molecule has 1 atom stereocenters. The highest BCUT2D eigenvalue weighted by Gasteiger charge is 2.17. The standard InChI is InChI=1S/C31H33N5O4/c1-21-28(35-31(37)39-18-6-7-22-10-14-24(38-2)15-11-22)20-36-30(21)29(27(32)19-33-36)34-23-12-16-26(17-13-23)40-25-8-4-3-5-9-25/h3-5,8-14,16-17,19-20,24,34H,6-7,15,18,32H2,1-2H3,(H,35,37). The zero-order chi connectivity index (χ0) is 27.9. The van der Waals surface area contributed by atoms with Gasteiger partial charge in [-0.15, -0.1) is 0 Å². The number of hydrogen-bond acceptors (Lipinski definition) is 7. The van der Waals surface area contributed by atoms with Crippen LogP contribution in [0.1, 0.15) is 24.8 Å². The normalized spacial score (nSPS) is 14.6. The molecule has 40 heavy (non-hydrogen) atoms. The lowest BCUT2D eigenvalue weighted by atomic mass is 10.0. The van der Waals surface area contributed by atoms with E-state index in [1.807, 2.05) is 61.5 Å². The number of nitrogen functional groups attached to an aromatic ring is 1. The number of nitrogens with one attached hydrogen (secondary N) is 2. The topological polar surface area (TPSA) is 112 Å². The molecular formula is C31H33N5O4. The van der Waals surface area contributed by atoms with Gasteiger partial charge in [-0.2, -0.15) is 5.10 Å². The van der Waals surface area contributed by atoms with Gasteiger partial charge in [-0.05, 0) is 62.6 Å². The molecule has 2 heterocycles. The van der Waals surface area contributed by atoms with Gasteiger partial charge in [0.2, 0.25) is 0 Å². The summed E-state index contributed by atoms with van der Waals surface area (Å²) in [5.41, 5.74) is 11.7. The van der Waals surface area contributed by atoms with Crippen LogP contribution < -0.4 is 21.1 Å². The number of aromatic nitrogens is 2. The Balaban J connectivity index is 1.20. The van der Waals surface area contributed by atoms with Crippen LogP contribution in [0.15, 0.2) is 90.8 Å². The maximum absolute atomic E-state index is 12.5. The van der Waals surface area contributed by atoms with Crippen LogP contribution in [0.5, 0.6) is 11.5 Å². The predicted molar refractivity (Wildman–Crippen MR) is 157 cm³/mol. The molecule has 1 unspecified atom stereocenters. The van der Waals surface area contributed by atoms with Crippen molar-refractivity contribution in [1.29, 1.82) is 0 Å². The predicted octanol–water partition coefficient (Wildman–Crippen LogP) is 6.99. The van der Waals surface area contributed by atoms with Crippen LogP contribution in [0.4, 0.5) is 27.5 Å². The number of amides is 1. The first-order valence-corrected chi connectivity index (χ1v) is 13.2. The van der Waals surface area contributed by atoms with Crippen LogP contribution >= 0.6 is 0 Å². The molecule has 0 saturated heterocycles. The fourth-order valence-corrected chi connectivity index (χ4v) is 4.53. The van der Waals surface area contributed by atoms with Gasteiger partial charge in [0.1, 0.15) is 11.5 Å². The summed E-state index contributed by atoms with van der Waals surface area (Å²) < 4.78 is 18.3. The number of hydrogen-bond donors (Lipinski definition) is 3. The van der Waals surface area contributed by atoms with Crippen molar-refractivity contribution >= 4 is 34.4 Å². The lowest BCUT2D eigenvalue weighted by molar-refractivity contribution is 0.142. The average molecular weight is 540 g/mol. The summed E-state index contributed by atoms with van der Waals surface area (Å²) in [5, 5.41) is 10.6. The lowest BCUT2D eigenvalue weighted by Crippen LogP contribution is -2.14. The van der Waals surface area contributed by atoms with Gasteiger partial charge in [0.15, 0.2) is 0 Å². The molecule has 0 fully saturated rings. The van der Waals surface area contributed by atoms with Gasteiger partial charge in [-0.3, -0.25) is 5.32 Å². The largest absolute Gasteiger partial charge is 0.457 e. The van der Waals surface area contributed by atoms with E-state index in [0.717, 1.165) is 47.5 Å². The first-order chi connectivity index (χ1) is 19.5. The summed E-state index contributed by atoms with van der Waals surface area (Å²) in [6.45, 7) is 2.22. The van der Waals surface area contributed by atoms with Crippen LogP contribution in [0.2, 0.25) is 0 Å². The third-order valence-electron chi connectivity index (χ3n) is 6.71. The molecule has 1 aliphatic carbocycles. The van der Waals surface area contributed by atoms with E-state index in [9.17, 15) is 4.79 Å².